The van der Waals surface area contributed by atoms with E-state index in [-0.39, 0.29) is 11.6 Å². The molecule has 0 saturated heterocycles. The molecule has 0 saturated carbocycles. The maximum atomic E-state index is 12.2. The quantitative estimate of drug-likeness (QED) is 0.620. The molecule has 8 heteroatoms. The molecule has 0 unspecified atom stereocenters. The van der Waals surface area contributed by atoms with Gasteiger partial charge in [-0.1, -0.05) is 40.9 Å². The van der Waals surface area contributed by atoms with Gasteiger partial charge in [0.05, 0.1) is 23.1 Å². The van der Waals surface area contributed by atoms with Crippen molar-refractivity contribution in [1.29, 1.82) is 0 Å². The summed E-state index contributed by atoms with van der Waals surface area (Å²) in [6.45, 7) is 0. The van der Waals surface area contributed by atoms with Crippen molar-refractivity contribution >= 4 is 57.9 Å². The average Bonchev–Trinajstić information content (AvgIpc) is 2.58. The van der Waals surface area contributed by atoms with Crippen molar-refractivity contribution in [3.63, 3.8) is 0 Å². The maximum absolute atomic E-state index is 12.2. The van der Waals surface area contributed by atoms with E-state index in [2.05, 4.69) is 20.6 Å². The van der Waals surface area contributed by atoms with Crippen LogP contribution in [0.15, 0.2) is 54.9 Å². The number of anilines is 3. The van der Waals surface area contributed by atoms with Crippen LogP contribution in [-0.2, 0) is 0 Å². The summed E-state index contributed by atoms with van der Waals surface area (Å²) in [6.07, 6.45) is 2.81. The number of hydrogen-bond donors (Lipinski definition) is 2. The molecule has 0 fully saturated rings. The normalized spacial score (nSPS) is 10.4. The van der Waals surface area contributed by atoms with E-state index < -0.39 is 0 Å². The monoisotopic (exact) mass is 392 g/mol. The summed E-state index contributed by atoms with van der Waals surface area (Å²) < 4.78 is 0. The summed E-state index contributed by atoms with van der Waals surface area (Å²) in [5, 5.41) is 7.23. The van der Waals surface area contributed by atoms with Gasteiger partial charge in [0.15, 0.2) is 0 Å². The topological polar surface area (TPSA) is 66.9 Å². The lowest BCUT2D eigenvalue weighted by atomic mass is 10.3. The number of amides is 1. The Bertz CT molecular complexity index is 916. The molecular weight excluding hydrogens is 383 g/mol. The number of carbonyl (C=O) groups is 1. The minimum atomic E-state index is -0.383. The highest BCUT2D eigenvalue weighted by molar-refractivity contribution is 6.36. The van der Waals surface area contributed by atoms with E-state index >= 15 is 0 Å². The SMILES string of the molecule is O=C(Nc1cccc(Cl)c1)c1cnc(Nc2ccc(Cl)cc2Cl)cn1. The van der Waals surface area contributed by atoms with Gasteiger partial charge in [-0.2, -0.15) is 0 Å². The highest BCUT2D eigenvalue weighted by atomic mass is 35.5. The Labute approximate surface area is 159 Å². The van der Waals surface area contributed by atoms with Crippen LogP contribution in [0.2, 0.25) is 15.1 Å². The van der Waals surface area contributed by atoms with E-state index in [1.54, 1.807) is 42.5 Å². The van der Waals surface area contributed by atoms with Crippen molar-refractivity contribution in [3.8, 4) is 0 Å². The van der Waals surface area contributed by atoms with Gasteiger partial charge in [0.2, 0.25) is 0 Å². The summed E-state index contributed by atoms with van der Waals surface area (Å²) in [5.74, 6) is 0.0642. The van der Waals surface area contributed by atoms with Crippen LogP contribution in [0.1, 0.15) is 10.5 Å². The lowest BCUT2D eigenvalue weighted by Gasteiger charge is -2.08. The van der Waals surface area contributed by atoms with E-state index in [1.165, 1.54) is 12.4 Å². The van der Waals surface area contributed by atoms with Crippen molar-refractivity contribution in [3.05, 3.63) is 75.6 Å². The van der Waals surface area contributed by atoms with Crippen LogP contribution in [0.4, 0.5) is 17.2 Å². The van der Waals surface area contributed by atoms with Crippen molar-refractivity contribution in [2.45, 2.75) is 0 Å². The third-order valence-electron chi connectivity index (χ3n) is 3.16. The molecule has 0 atom stereocenters. The predicted octanol–water partition coefficient (Wildman–Crippen LogP) is 5.43. The molecule has 5 nitrogen and oxygen atoms in total. The van der Waals surface area contributed by atoms with Crippen LogP contribution >= 0.6 is 34.8 Å². The Morgan fingerprint density at radius 2 is 1.72 bits per heavy atom. The number of nitrogens with zero attached hydrogens (tertiary/aromatic N) is 2. The fraction of sp³-hybridized carbons (Fsp3) is 0. The molecule has 3 aromatic rings. The van der Waals surface area contributed by atoms with Gasteiger partial charge in [-0.05, 0) is 36.4 Å². The van der Waals surface area contributed by atoms with Crippen LogP contribution in [-0.4, -0.2) is 15.9 Å². The van der Waals surface area contributed by atoms with Gasteiger partial charge in [-0.25, -0.2) is 9.97 Å². The van der Waals surface area contributed by atoms with E-state index in [0.717, 1.165) is 0 Å². The lowest BCUT2D eigenvalue weighted by molar-refractivity contribution is 0.102. The van der Waals surface area contributed by atoms with Gasteiger partial charge >= 0.3 is 0 Å². The number of hydrogen-bond acceptors (Lipinski definition) is 4. The molecule has 1 amide bonds. The van der Waals surface area contributed by atoms with E-state index in [1.807, 2.05) is 0 Å². The molecule has 126 valence electrons. The zero-order chi connectivity index (χ0) is 17.8. The van der Waals surface area contributed by atoms with Gasteiger partial charge in [0.1, 0.15) is 11.5 Å². The number of carbonyl (C=O) groups excluding carboxylic acids is 1. The van der Waals surface area contributed by atoms with Crippen LogP contribution in [0.5, 0.6) is 0 Å². The summed E-state index contributed by atoms with van der Waals surface area (Å²) in [4.78, 5) is 20.4. The third-order valence-corrected chi connectivity index (χ3v) is 3.94. The van der Waals surface area contributed by atoms with Gasteiger partial charge in [0.25, 0.3) is 5.91 Å². The molecule has 0 aliphatic carbocycles. The highest BCUT2D eigenvalue weighted by Crippen LogP contribution is 2.27. The first-order chi connectivity index (χ1) is 12.0. The fourth-order valence-electron chi connectivity index (χ4n) is 2.00. The number of rotatable bonds is 4. The van der Waals surface area contributed by atoms with Crippen LogP contribution in [0.3, 0.4) is 0 Å². The Hall–Kier alpha value is -2.34. The molecule has 0 aliphatic heterocycles. The number of nitrogens with one attached hydrogen (secondary N) is 2. The molecule has 2 aromatic carbocycles. The van der Waals surface area contributed by atoms with E-state index in [9.17, 15) is 4.79 Å². The molecule has 0 bridgehead atoms. The molecular formula is C17H11Cl3N4O. The number of aromatic nitrogens is 2. The molecule has 2 N–H and O–H groups in total. The van der Waals surface area contributed by atoms with E-state index in [4.69, 9.17) is 34.8 Å². The average molecular weight is 394 g/mol. The van der Waals surface area contributed by atoms with Gasteiger partial charge in [0, 0.05) is 15.7 Å². The number of halogens is 3. The predicted molar refractivity (Wildman–Crippen MR) is 101 cm³/mol. The Morgan fingerprint density at radius 1 is 0.920 bits per heavy atom. The zero-order valence-electron chi connectivity index (χ0n) is 12.6. The van der Waals surface area contributed by atoms with Crippen LogP contribution in [0, 0.1) is 0 Å². The van der Waals surface area contributed by atoms with Crippen LogP contribution in [0.25, 0.3) is 0 Å². The molecule has 1 aromatic heterocycles. The second kappa shape index (κ2) is 7.70. The summed E-state index contributed by atoms with van der Waals surface area (Å²) in [7, 11) is 0. The highest BCUT2D eigenvalue weighted by Gasteiger charge is 2.09. The summed E-state index contributed by atoms with van der Waals surface area (Å²) >= 11 is 17.8. The summed E-state index contributed by atoms with van der Waals surface area (Å²) in [5.41, 5.74) is 1.39. The first kappa shape index (κ1) is 17.5. The third kappa shape index (κ3) is 4.60. The number of benzene rings is 2. The largest absolute Gasteiger partial charge is 0.338 e. The van der Waals surface area contributed by atoms with Crippen molar-refractivity contribution in [2.24, 2.45) is 0 Å². The molecule has 0 radical (unpaired) electrons. The van der Waals surface area contributed by atoms with Crippen molar-refractivity contribution in [1.82, 2.24) is 9.97 Å². The molecule has 25 heavy (non-hydrogen) atoms. The van der Waals surface area contributed by atoms with Gasteiger partial charge < -0.3 is 10.6 Å². The maximum Gasteiger partial charge on any atom is 0.275 e. The standard InChI is InChI=1S/C17H11Cl3N4O/c18-10-2-1-3-12(6-10)23-17(25)15-8-22-16(9-21-15)24-14-5-4-11(19)7-13(14)20/h1-9H,(H,22,24)(H,23,25). The Kier molecular flexibility index (Phi) is 5.38. The van der Waals surface area contributed by atoms with Crippen molar-refractivity contribution in [2.75, 3.05) is 10.6 Å². The van der Waals surface area contributed by atoms with Crippen molar-refractivity contribution < 1.29 is 4.79 Å². The second-order valence-electron chi connectivity index (χ2n) is 5.00. The zero-order valence-corrected chi connectivity index (χ0v) is 14.9. The molecule has 0 aliphatic rings. The molecule has 0 spiro atoms. The minimum Gasteiger partial charge on any atom is -0.338 e. The van der Waals surface area contributed by atoms with E-state index in [0.29, 0.717) is 32.3 Å². The van der Waals surface area contributed by atoms with Gasteiger partial charge in [-0.15, -0.1) is 0 Å². The Morgan fingerprint density at radius 3 is 2.40 bits per heavy atom. The smallest absolute Gasteiger partial charge is 0.275 e. The lowest BCUT2D eigenvalue weighted by Crippen LogP contribution is -2.14. The van der Waals surface area contributed by atoms with Gasteiger partial charge in [-0.3, -0.25) is 4.79 Å². The first-order valence-electron chi connectivity index (χ1n) is 7.12. The van der Waals surface area contributed by atoms with Crippen LogP contribution < -0.4 is 10.6 Å². The fourth-order valence-corrected chi connectivity index (χ4v) is 2.65. The minimum absolute atomic E-state index is 0.174. The molecule has 3 rings (SSSR count). The molecule has 1 heterocycles. The Balaban J connectivity index is 1.70. The summed E-state index contributed by atoms with van der Waals surface area (Å²) in [6, 6.07) is 11.9. The first-order valence-corrected chi connectivity index (χ1v) is 8.26. The second-order valence-corrected chi connectivity index (χ2v) is 6.28.